The zero-order chi connectivity index (χ0) is 15.6. The standard InChI is InChI=1S/C14H16F4N2O/c1-2-19-5-7-20(8-6-19)13(21)11-9-10(14(16,17)18)3-4-12(11)15/h3-4,9H,2,5-8H2,1H3. The predicted octanol–water partition coefficient (Wildman–Crippen LogP) is 2.62. The molecule has 1 heterocycles. The Labute approximate surface area is 120 Å². The molecule has 0 aromatic heterocycles. The lowest BCUT2D eigenvalue weighted by Crippen LogP contribution is -2.48. The number of amides is 1. The molecule has 2 rings (SSSR count). The van der Waals surface area contributed by atoms with E-state index in [9.17, 15) is 22.4 Å². The molecule has 3 nitrogen and oxygen atoms in total. The van der Waals surface area contributed by atoms with Crippen LogP contribution in [0.1, 0.15) is 22.8 Å². The van der Waals surface area contributed by atoms with E-state index < -0.39 is 29.0 Å². The molecule has 0 N–H and O–H groups in total. The highest BCUT2D eigenvalue weighted by Crippen LogP contribution is 2.30. The molecule has 0 atom stereocenters. The maximum atomic E-state index is 13.7. The second-order valence-corrected chi connectivity index (χ2v) is 4.92. The van der Waals surface area contributed by atoms with Gasteiger partial charge in [-0.25, -0.2) is 4.39 Å². The van der Waals surface area contributed by atoms with E-state index in [1.54, 1.807) is 0 Å². The molecule has 0 aliphatic carbocycles. The number of carbonyl (C=O) groups excluding carboxylic acids is 1. The van der Waals surface area contributed by atoms with Gasteiger partial charge >= 0.3 is 6.18 Å². The first kappa shape index (κ1) is 15.8. The third-order valence-electron chi connectivity index (χ3n) is 3.63. The van der Waals surface area contributed by atoms with Gasteiger partial charge in [-0.2, -0.15) is 13.2 Å². The van der Waals surface area contributed by atoms with Crippen LogP contribution >= 0.6 is 0 Å². The van der Waals surface area contributed by atoms with Gasteiger partial charge in [0.2, 0.25) is 0 Å². The van der Waals surface area contributed by atoms with Crippen molar-refractivity contribution >= 4 is 5.91 Å². The topological polar surface area (TPSA) is 23.6 Å². The van der Waals surface area contributed by atoms with Crippen molar-refractivity contribution in [3.8, 4) is 0 Å². The van der Waals surface area contributed by atoms with Crippen molar-refractivity contribution in [2.45, 2.75) is 13.1 Å². The highest BCUT2D eigenvalue weighted by Gasteiger charge is 2.33. The third kappa shape index (κ3) is 3.53. The van der Waals surface area contributed by atoms with Gasteiger partial charge in [0.1, 0.15) is 5.82 Å². The van der Waals surface area contributed by atoms with Crippen LogP contribution in [-0.2, 0) is 6.18 Å². The summed E-state index contributed by atoms with van der Waals surface area (Å²) in [4.78, 5) is 15.7. The van der Waals surface area contributed by atoms with Gasteiger partial charge in [0.15, 0.2) is 0 Å². The maximum Gasteiger partial charge on any atom is 0.416 e. The smallest absolute Gasteiger partial charge is 0.336 e. The molecule has 0 bridgehead atoms. The Balaban J connectivity index is 2.19. The molecule has 1 fully saturated rings. The summed E-state index contributed by atoms with van der Waals surface area (Å²) in [5.74, 6) is -1.61. The Hall–Kier alpha value is -1.63. The van der Waals surface area contributed by atoms with Crippen LogP contribution in [0.25, 0.3) is 0 Å². The molecule has 21 heavy (non-hydrogen) atoms. The molecular formula is C14H16F4N2O. The van der Waals surface area contributed by atoms with Crippen LogP contribution < -0.4 is 0 Å². The number of piperazine rings is 1. The van der Waals surface area contributed by atoms with E-state index in [4.69, 9.17) is 0 Å². The number of benzene rings is 1. The minimum absolute atomic E-state index is 0.391. The van der Waals surface area contributed by atoms with E-state index in [1.165, 1.54) is 4.90 Å². The van der Waals surface area contributed by atoms with E-state index in [0.29, 0.717) is 44.4 Å². The second-order valence-electron chi connectivity index (χ2n) is 4.92. The molecular weight excluding hydrogens is 288 g/mol. The Morgan fingerprint density at radius 1 is 1.19 bits per heavy atom. The van der Waals surface area contributed by atoms with Gasteiger partial charge < -0.3 is 9.80 Å². The average molecular weight is 304 g/mol. The van der Waals surface area contributed by atoms with Crippen molar-refractivity contribution in [3.05, 3.63) is 35.1 Å². The first-order valence-electron chi connectivity index (χ1n) is 6.71. The maximum absolute atomic E-state index is 13.7. The van der Waals surface area contributed by atoms with E-state index >= 15 is 0 Å². The van der Waals surface area contributed by atoms with Gasteiger partial charge in [0.05, 0.1) is 11.1 Å². The summed E-state index contributed by atoms with van der Waals surface area (Å²) < 4.78 is 51.6. The lowest BCUT2D eigenvalue weighted by Gasteiger charge is -2.34. The molecule has 1 aliphatic heterocycles. The highest BCUT2D eigenvalue weighted by atomic mass is 19.4. The first-order valence-corrected chi connectivity index (χ1v) is 6.71. The largest absolute Gasteiger partial charge is 0.416 e. The van der Waals surface area contributed by atoms with Gasteiger partial charge in [0.25, 0.3) is 5.91 Å². The zero-order valence-electron chi connectivity index (χ0n) is 11.6. The average Bonchev–Trinajstić information content (AvgIpc) is 2.46. The minimum Gasteiger partial charge on any atom is -0.336 e. The number of carbonyl (C=O) groups is 1. The molecule has 1 aliphatic rings. The summed E-state index contributed by atoms with van der Waals surface area (Å²) in [6.45, 7) is 4.90. The van der Waals surface area contributed by atoms with Crippen molar-refractivity contribution < 1.29 is 22.4 Å². The number of hydrogen-bond donors (Lipinski definition) is 0. The number of rotatable bonds is 2. The molecule has 7 heteroatoms. The van der Waals surface area contributed by atoms with Crippen LogP contribution in [0.5, 0.6) is 0 Å². The van der Waals surface area contributed by atoms with Crippen LogP contribution in [-0.4, -0.2) is 48.4 Å². The summed E-state index contributed by atoms with van der Waals surface area (Å²) in [6, 6.07) is 1.92. The molecule has 0 unspecified atom stereocenters. The fourth-order valence-corrected chi connectivity index (χ4v) is 2.30. The van der Waals surface area contributed by atoms with Crippen molar-refractivity contribution in [3.63, 3.8) is 0 Å². The minimum atomic E-state index is -4.59. The van der Waals surface area contributed by atoms with Crippen molar-refractivity contribution in [2.75, 3.05) is 32.7 Å². The van der Waals surface area contributed by atoms with E-state index in [0.717, 1.165) is 6.54 Å². The Morgan fingerprint density at radius 2 is 1.81 bits per heavy atom. The number of hydrogen-bond acceptors (Lipinski definition) is 2. The van der Waals surface area contributed by atoms with Crippen LogP contribution in [0, 0.1) is 5.82 Å². The summed E-state index contributed by atoms with van der Waals surface area (Å²) in [5.41, 5.74) is -1.53. The zero-order valence-corrected chi connectivity index (χ0v) is 11.6. The van der Waals surface area contributed by atoms with Gasteiger partial charge in [-0.15, -0.1) is 0 Å². The van der Waals surface area contributed by atoms with E-state index in [-0.39, 0.29) is 0 Å². The fourth-order valence-electron chi connectivity index (χ4n) is 2.30. The lowest BCUT2D eigenvalue weighted by atomic mass is 10.1. The van der Waals surface area contributed by atoms with Gasteiger partial charge in [-0.3, -0.25) is 4.79 Å². The number of halogens is 4. The lowest BCUT2D eigenvalue weighted by molar-refractivity contribution is -0.137. The predicted molar refractivity (Wildman–Crippen MR) is 69.4 cm³/mol. The van der Waals surface area contributed by atoms with Crippen molar-refractivity contribution in [1.29, 1.82) is 0 Å². The summed E-state index contributed by atoms with van der Waals surface area (Å²) in [6.07, 6.45) is -4.59. The fraction of sp³-hybridized carbons (Fsp3) is 0.500. The van der Waals surface area contributed by atoms with Crippen LogP contribution in [0.2, 0.25) is 0 Å². The van der Waals surface area contributed by atoms with Gasteiger partial charge in [0, 0.05) is 26.2 Å². The quantitative estimate of drug-likeness (QED) is 0.784. The highest BCUT2D eigenvalue weighted by molar-refractivity contribution is 5.94. The van der Waals surface area contributed by atoms with Crippen LogP contribution in [0.4, 0.5) is 17.6 Å². The van der Waals surface area contributed by atoms with Crippen LogP contribution in [0.15, 0.2) is 18.2 Å². The number of nitrogens with zero attached hydrogens (tertiary/aromatic N) is 2. The van der Waals surface area contributed by atoms with Gasteiger partial charge in [-0.05, 0) is 24.7 Å². The summed E-state index contributed by atoms with van der Waals surface area (Å²) in [7, 11) is 0. The molecule has 0 spiro atoms. The molecule has 0 saturated carbocycles. The van der Waals surface area contributed by atoms with Crippen molar-refractivity contribution in [2.24, 2.45) is 0 Å². The first-order chi connectivity index (χ1) is 9.82. The van der Waals surface area contributed by atoms with Gasteiger partial charge in [-0.1, -0.05) is 6.92 Å². The molecule has 1 aromatic rings. The van der Waals surface area contributed by atoms with E-state index in [1.807, 2.05) is 6.92 Å². The molecule has 1 saturated heterocycles. The molecule has 1 aromatic carbocycles. The SMILES string of the molecule is CCN1CCN(C(=O)c2cc(C(F)(F)F)ccc2F)CC1. The monoisotopic (exact) mass is 304 g/mol. The molecule has 1 amide bonds. The summed E-state index contributed by atoms with van der Waals surface area (Å²) >= 11 is 0. The number of likely N-dealkylation sites (N-methyl/N-ethyl adjacent to an activating group) is 1. The van der Waals surface area contributed by atoms with E-state index in [2.05, 4.69) is 4.90 Å². The van der Waals surface area contributed by atoms with Crippen LogP contribution in [0.3, 0.4) is 0 Å². The third-order valence-corrected chi connectivity index (χ3v) is 3.63. The second kappa shape index (κ2) is 6.01. The number of alkyl halides is 3. The van der Waals surface area contributed by atoms with Crippen molar-refractivity contribution in [1.82, 2.24) is 9.80 Å². The molecule has 116 valence electrons. The Morgan fingerprint density at radius 3 is 2.33 bits per heavy atom. The normalized spacial score (nSPS) is 17.1. The molecule has 0 radical (unpaired) electrons. The summed E-state index contributed by atoms with van der Waals surface area (Å²) in [5, 5.41) is 0. The Kier molecular flexibility index (Phi) is 4.51. The Bertz CT molecular complexity index is 522.